The fourth-order valence-corrected chi connectivity index (χ4v) is 6.79. The first-order chi connectivity index (χ1) is 32.1. The van der Waals surface area contributed by atoms with Crippen LogP contribution in [0.15, 0.2) is 134 Å². The third kappa shape index (κ3) is 52.5. The average Bonchev–Trinajstić information content (AvgIpc) is 3.31. The molecular weight excluding hydrogens is 801 g/mol. The minimum Gasteiger partial charge on any atom is -0.462 e. The Bertz CT molecular complexity index is 1380. The van der Waals surface area contributed by atoms with Gasteiger partial charge in [-0.2, -0.15) is 0 Å². The Balaban J connectivity index is 3.63. The first kappa shape index (κ1) is 61.0. The third-order valence-corrected chi connectivity index (χ3v) is 10.7. The van der Waals surface area contributed by atoms with E-state index in [1.54, 1.807) is 0 Å². The predicted octanol–water partition coefficient (Wildman–Crippen LogP) is 17.7. The number of aliphatic hydroxyl groups excluding tert-OH is 1. The molecule has 1 unspecified atom stereocenters. The van der Waals surface area contributed by atoms with Gasteiger partial charge in [-0.1, -0.05) is 237 Å². The number of unbranched alkanes of at least 4 members (excludes halogenated alkanes) is 16. The number of esters is 2. The van der Waals surface area contributed by atoms with Crippen LogP contribution in [-0.4, -0.2) is 36.4 Å². The highest BCUT2D eigenvalue weighted by Crippen LogP contribution is 2.13. The molecule has 0 aliphatic rings. The highest BCUT2D eigenvalue weighted by molar-refractivity contribution is 5.70. The van der Waals surface area contributed by atoms with Crippen LogP contribution in [0.25, 0.3) is 0 Å². The lowest BCUT2D eigenvalue weighted by Crippen LogP contribution is -2.28. The topological polar surface area (TPSA) is 72.8 Å². The van der Waals surface area contributed by atoms with Gasteiger partial charge in [-0.05, 0) is 96.3 Å². The van der Waals surface area contributed by atoms with Crippen molar-refractivity contribution in [1.29, 1.82) is 0 Å². The van der Waals surface area contributed by atoms with Gasteiger partial charge in [-0.3, -0.25) is 9.59 Å². The molecular formula is C60H96O5. The highest BCUT2D eigenvalue weighted by Gasteiger charge is 2.16. The fraction of sp³-hybridized carbons (Fsp3) is 0.600. The normalized spacial score (nSPS) is 13.3. The zero-order valence-electron chi connectivity index (χ0n) is 41.7. The van der Waals surface area contributed by atoms with E-state index >= 15 is 0 Å². The Hall–Kier alpha value is -3.96. The first-order valence-corrected chi connectivity index (χ1v) is 26.2. The second-order valence-corrected chi connectivity index (χ2v) is 16.9. The lowest BCUT2D eigenvalue weighted by Gasteiger charge is -2.15. The number of carbonyl (C=O) groups is 2. The third-order valence-electron chi connectivity index (χ3n) is 10.7. The van der Waals surface area contributed by atoms with Gasteiger partial charge in [-0.15, -0.1) is 0 Å². The van der Waals surface area contributed by atoms with Crippen molar-refractivity contribution < 1.29 is 24.2 Å². The van der Waals surface area contributed by atoms with Crippen LogP contribution < -0.4 is 0 Å². The maximum Gasteiger partial charge on any atom is 0.306 e. The molecule has 0 aromatic rings. The van der Waals surface area contributed by atoms with E-state index in [4.69, 9.17) is 9.47 Å². The lowest BCUT2D eigenvalue weighted by atomic mass is 10.1. The van der Waals surface area contributed by atoms with Gasteiger partial charge in [0.05, 0.1) is 6.61 Å². The van der Waals surface area contributed by atoms with Crippen LogP contribution in [0.2, 0.25) is 0 Å². The summed E-state index contributed by atoms with van der Waals surface area (Å²) >= 11 is 0. The van der Waals surface area contributed by atoms with Crippen LogP contribution in [0.4, 0.5) is 0 Å². The Morgan fingerprint density at radius 2 is 0.662 bits per heavy atom. The van der Waals surface area contributed by atoms with Crippen molar-refractivity contribution in [3.63, 3.8) is 0 Å². The first-order valence-electron chi connectivity index (χ1n) is 26.2. The minimum atomic E-state index is -0.783. The summed E-state index contributed by atoms with van der Waals surface area (Å²) in [6.45, 7) is 3.99. The molecule has 0 rings (SSSR count). The van der Waals surface area contributed by atoms with Crippen molar-refractivity contribution in [2.45, 2.75) is 219 Å². The molecule has 1 N–H and O–H groups in total. The van der Waals surface area contributed by atoms with Gasteiger partial charge < -0.3 is 14.6 Å². The molecule has 0 aromatic carbocycles. The van der Waals surface area contributed by atoms with Gasteiger partial charge in [0.1, 0.15) is 6.61 Å². The van der Waals surface area contributed by atoms with E-state index in [0.717, 1.165) is 116 Å². The summed E-state index contributed by atoms with van der Waals surface area (Å²) in [5.74, 6) is -0.612. The Morgan fingerprint density at radius 3 is 1.00 bits per heavy atom. The number of hydrogen-bond donors (Lipinski definition) is 1. The summed E-state index contributed by atoms with van der Waals surface area (Å²) in [4.78, 5) is 24.3. The van der Waals surface area contributed by atoms with Crippen molar-refractivity contribution in [3.05, 3.63) is 134 Å². The molecule has 0 aliphatic carbocycles. The van der Waals surface area contributed by atoms with Crippen LogP contribution in [-0.2, 0) is 19.1 Å². The maximum absolute atomic E-state index is 12.2. The van der Waals surface area contributed by atoms with Crippen LogP contribution >= 0.6 is 0 Å². The summed E-state index contributed by atoms with van der Waals surface area (Å²) in [7, 11) is 0. The largest absolute Gasteiger partial charge is 0.462 e. The second-order valence-electron chi connectivity index (χ2n) is 16.9. The average molecular weight is 897 g/mol. The summed E-state index contributed by atoms with van der Waals surface area (Å²) in [5, 5.41) is 9.58. The molecule has 0 spiro atoms. The van der Waals surface area contributed by atoms with Gasteiger partial charge in [0.15, 0.2) is 6.10 Å². The molecule has 1 atom stereocenters. The predicted molar refractivity (Wildman–Crippen MR) is 283 cm³/mol. The van der Waals surface area contributed by atoms with Crippen molar-refractivity contribution in [3.8, 4) is 0 Å². The molecule has 0 amide bonds. The molecule has 0 radical (unpaired) electrons. The highest BCUT2D eigenvalue weighted by atomic mass is 16.6. The van der Waals surface area contributed by atoms with Crippen LogP contribution in [0.5, 0.6) is 0 Å². The SMILES string of the molecule is CC/C=C\C/C=C\C/C=C\C/C=C\C/C=C\C/C=C\C/C=C\C/C=C\C/C=C\C/C=C\C/C=C\CCCCCCCCCC(=O)OC(CO)COC(=O)CCCCCCCCCCCC. The molecule has 0 saturated heterocycles. The number of aliphatic hydroxyl groups is 1. The zero-order valence-corrected chi connectivity index (χ0v) is 41.7. The van der Waals surface area contributed by atoms with Crippen LogP contribution in [0.3, 0.4) is 0 Å². The fourth-order valence-electron chi connectivity index (χ4n) is 6.79. The molecule has 366 valence electrons. The van der Waals surface area contributed by atoms with E-state index < -0.39 is 6.10 Å². The molecule has 0 fully saturated rings. The Kier molecular flexibility index (Phi) is 51.1. The Morgan fingerprint density at radius 1 is 0.369 bits per heavy atom. The summed E-state index contributed by atoms with van der Waals surface area (Å²) in [6, 6.07) is 0. The van der Waals surface area contributed by atoms with E-state index in [-0.39, 0.29) is 25.2 Å². The number of hydrogen-bond acceptors (Lipinski definition) is 5. The summed E-state index contributed by atoms with van der Waals surface area (Å²) < 4.78 is 10.6. The van der Waals surface area contributed by atoms with E-state index in [1.165, 1.54) is 70.6 Å². The standard InChI is InChI=1S/C60H96O5/c1-3-5-7-9-11-13-15-16-17-18-19-20-21-22-23-24-25-26-27-28-29-30-31-32-33-34-35-36-37-38-39-40-41-42-43-44-45-47-49-51-53-55-60(63)65-58(56-61)57-64-59(62)54-52-50-48-46-14-12-10-8-6-4-2/h5,7,11,13,16-17,19-20,22-23,25-26,28-29,31-32,34-35,37-38,40-41,58,61H,3-4,6,8-10,12,14-15,18,21,24,27,30,33,36,39,42-57H2,1-2H3/b7-5-,13-11-,17-16-,20-19-,23-22-,26-25-,29-28-,32-31-,35-34-,38-37-,41-40-. The van der Waals surface area contributed by atoms with Gasteiger partial charge in [0, 0.05) is 12.8 Å². The van der Waals surface area contributed by atoms with E-state index in [2.05, 4.69) is 148 Å². The maximum atomic E-state index is 12.2. The number of ether oxygens (including phenoxy) is 2. The van der Waals surface area contributed by atoms with Gasteiger partial charge >= 0.3 is 11.9 Å². The number of rotatable bonds is 46. The summed E-state index contributed by atoms with van der Waals surface area (Å²) in [5.41, 5.74) is 0. The van der Waals surface area contributed by atoms with Crippen molar-refractivity contribution >= 4 is 11.9 Å². The van der Waals surface area contributed by atoms with Gasteiger partial charge in [-0.25, -0.2) is 0 Å². The van der Waals surface area contributed by atoms with Gasteiger partial charge in [0.2, 0.25) is 0 Å². The molecule has 65 heavy (non-hydrogen) atoms. The molecule has 0 aromatic heterocycles. The van der Waals surface area contributed by atoms with Crippen molar-refractivity contribution in [2.24, 2.45) is 0 Å². The molecule has 0 heterocycles. The zero-order chi connectivity index (χ0) is 47.0. The molecule has 0 bridgehead atoms. The summed E-state index contributed by atoms with van der Waals surface area (Å²) in [6.07, 6.45) is 81.3. The Labute approximate surface area is 400 Å². The molecule has 5 nitrogen and oxygen atoms in total. The lowest BCUT2D eigenvalue weighted by molar-refractivity contribution is -0.161. The van der Waals surface area contributed by atoms with Crippen molar-refractivity contribution in [1.82, 2.24) is 0 Å². The quantitative estimate of drug-likeness (QED) is 0.0374. The van der Waals surface area contributed by atoms with Crippen molar-refractivity contribution in [2.75, 3.05) is 13.2 Å². The molecule has 0 saturated carbocycles. The van der Waals surface area contributed by atoms with E-state index in [9.17, 15) is 14.7 Å². The van der Waals surface area contributed by atoms with Crippen LogP contribution in [0.1, 0.15) is 213 Å². The molecule has 5 heteroatoms. The van der Waals surface area contributed by atoms with E-state index in [0.29, 0.717) is 12.8 Å². The van der Waals surface area contributed by atoms with Crippen LogP contribution in [0, 0.1) is 0 Å². The van der Waals surface area contributed by atoms with Gasteiger partial charge in [0.25, 0.3) is 0 Å². The smallest absolute Gasteiger partial charge is 0.306 e. The number of allylic oxidation sites excluding steroid dienone is 22. The minimum absolute atomic E-state index is 0.0753. The van der Waals surface area contributed by atoms with E-state index in [1.807, 2.05) is 0 Å². The molecule has 0 aliphatic heterocycles. The number of carbonyl (C=O) groups excluding carboxylic acids is 2. The monoisotopic (exact) mass is 897 g/mol. The second kappa shape index (κ2) is 54.4.